The predicted octanol–water partition coefficient (Wildman–Crippen LogP) is 2.63. The molecule has 0 aliphatic carbocycles. The van der Waals surface area contributed by atoms with E-state index < -0.39 is 8.07 Å². The third kappa shape index (κ3) is 2.02. The molecule has 0 fully saturated rings. The molecule has 0 N–H and O–H groups in total. The number of benzene rings is 1. The smallest absolute Gasteiger partial charge is 0.0958 e. The highest BCUT2D eigenvalue weighted by molar-refractivity contribution is 6.91. The molecule has 0 aliphatic heterocycles. The van der Waals surface area contributed by atoms with Crippen molar-refractivity contribution in [3.8, 4) is 12.3 Å². The Morgan fingerprint density at radius 1 is 1.23 bits per heavy atom. The van der Waals surface area contributed by atoms with Crippen LogP contribution in [0.2, 0.25) is 18.6 Å². The molecule has 1 aromatic carbocycles. The Kier molecular flexibility index (Phi) is 2.95. The molecule has 0 heterocycles. The third-order valence-electron chi connectivity index (χ3n) is 2.85. The maximum Gasteiger partial charge on any atom is 0.0958 e. The van der Waals surface area contributed by atoms with Crippen LogP contribution in [0, 0.1) is 12.3 Å². The van der Waals surface area contributed by atoms with Gasteiger partial charge in [-0.1, -0.05) is 55.5 Å². The highest BCUT2D eigenvalue weighted by Gasteiger charge is 2.28. The zero-order valence-electron chi connectivity index (χ0n) is 8.54. The standard InChI is InChI=1S/C12H16Si/c1-5-11(2)13(3,4)12-9-7-6-8-10-12/h1,6-11H,2-4H3/t11-/m1/s1. The van der Waals surface area contributed by atoms with Crippen LogP contribution in [-0.4, -0.2) is 8.07 Å². The van der Waals surface area contributed by atoms with Crippen molar-refractivity contribution >= 4 is 13.3 Å². The summed E-state index contributed by atoms with van der Waals surface area (Å²) in [5, 5.41) is 1.44. The average molecular weight is 188 g/mol. The zero-order valence-corrected chi connectivity index (χ0v) is 9.54. The summed E-state index contributed by atoms with van der Waals surface area (Å²) >= 11 is 0. The van der Waals surface area contributed by atoms with Gasteiger partial charge in [0, 0.05) is 5.54 Å². The van der Waals surface area contributed by atoms with Gasteiger partial charge in [-0.3, -0.25) is 0 Å². The summed E-state index contributed by atoms with van der Waals surface area (Å²) in [5.74, 6) is 2.87. The normalized spacial score (nSPS) is 13.4. The van der Waals surface area contributed by atoms with Crippen LogP contribution < -0.4 is 5.19 Å². The number of rotatable bonds is 2. The van der Waals surface area contributed by atoms with Gasteiger partial charge in [-0.05, 0) is 0 Å². The van der Waals surface area contributed by atoms with Crippen LogP contribution in [0.15, 0.2) is 30.3 Å². The van der Waals surface area contributed by atoms with Gasteiger partial charge in [0.05, 0.1) is 8.07 Å². The lowest BCUT2D eigenvalue weighted by Gasteiger charge is -2.26. The lowest BCUT2D eigenvalue weighted by atomic mass is 10.4. The molecule has 0 saturated heterocycles. The second-order valence-electron chi connectivity index (χ2n) is 3.98. The van der Waals surface area contributed by atoms with Crippen LogP contribution in [0.25, 0.3) is 0 Å². The van der Waals surface area contributed by atoms with E-state index in [1.807, 2.05) is 0 Å². The zero-order chi connectivity index (χ0) is 9.90. The maximum atomic E-state index is 5.48. The molecule has 0 unspecified atom stereocenters. The van der Waals surface area contributed by atoms with E-state index in [-0.39, 0.29) is 0 Å². The minimum atomic E-state index is -1.42. The Morgan fingerprint density at radius 3 is 2.23 bits per heavy atom. The SMILES string of the molecule is C#C[C@@H](C)[Si](C)(C)c1ccccc1. The molecule has 0 aromatic heterocycles. The van der Waals surface area contributed by atoms with Crippen molar-refractivity contribution in [3.05, 3.63) is 30.3 Å². The van der Waals surface area contributed by atoms with Gasteiger partial charge in [0.2, 0.25) is 0 Å². The number of hydrogen-bond donors (Lipinski definition) is 0. The summed E-state index contributed by atoms with van der Waals surface area (Å²) in [5.41, 5.74) is 0.398. The molecule has 0 aliphatic rings. The van der Waals surface area contributed by atoms with Gasteiger partial charge in [0.15, 0.2) is 0 Å². The van der Waals surface area contributed by atoms with Crippen molar-refractivity contribution in [1.82, 2.24) is 0 Å². The predicted molar refractivity (Wildman–Crippen MR) is 61.8 cm³/mol. The molecule has 0 radical (unpaired) electrons. The molecular weight excluding hydrogens is 172 g/mol. The van der Waals surface area contributed by atoms with Gasteiger partial charge in [-0.15, -0.1) is 12.3 Å². The van der Waals surface area contributed by atoms with Gasteiger partial charge in [0.25, 0.3) is 0 Å². The fourth-order valence-electron chi connectivity index (χ4n) is 1.33. The van der Waals surface area contributed by atoms with E-state index in [0.717, 1.165) is 0 Å². The minimum absolute atomic E-state index is 0.398. The molecule has 0 amide bonds. The quantitative estimate of drug-likeness (QED) is 0.494. The molecule has 13 heavy (non-hydrogen) atoms. The topological polar surface area (TPSA) is 0 Å². The second kappa shape index (κ2) is 3.80. The summed E-state index contributed by atoms with van der Waals surface area (Å²) in [4.78, 5) is 0. The van der Waals surface area contributed by atoms with Crippen molar-refractivity contribution in [2.45, 2.75) is 25.6 Å². The van der Waals surface area contributed by atoms with Crippen LogP contribution in [0.4, 0.5) is 0 Å². The van der Waals surface area contributed by atoms with Crippen LogP contribution in [0.3, 0.4) is 0 Å². The van der Waals surface area contributed by atoms with Gasteiger partial charge < -0.3 is 0 Å². The van der Waals surface area contributed by atoms with Crippen LogP contribution >= 0.6 is 0 Å². The van der Waals surface area contributed by atoms with Gasteiger partial charge in [-0.25, -0.2) is 0 Å². The molecule has 1 rings (SSSR count). The van der Waals surface area contributed by atoms with E-state index >= 15 is 0 Å². The fourth-order valence-corrected chi connectivity index (χ4v) is 3.29. The van der Waals surface area contributed by atoms with E-state index in [9.17, 15) is 0 Å². The van der Waals surface area contributed by atoms with Gasteiger partial charge in [0.1, 0.15) is 0 Å². The summed E-state index contributed by atoms with van der Waals surface area (Å²) < 4.78 is 0. The second-order valence-corrected chi connectivity index (χ2v) is 8.86. The van der Waals surface area contributed by atoms with Crippen molar-refractivity contribution in [1.29, 1.82) is 0 Å². The summed E-state index contributed by atoms with van der Waals surface area (Å²) in [6.07, 6.45) is 5.48. The molecule has 0 bridgehead atoms. The molecule has 0 nitrogen and oxygen atoms in total. The molecule has 0 saturated carbocycles. The lowest BCUT2D eigenvalue weighted by Crippen LogP contribution is -2.44. The first-order valence-corrected chi connectivity index (χ1v) is 7.68. The van der Waals surface area contributed by atoms with Crippen LogP contribution in [0.5, 0.6) is 0 Å². The van der Waals surface area contributed by atoms with Gasteiger partial charge >= 0.3 is 0 Å². The monoisotopic (exact) mass is 188 g/mol. The van der Waals surface area contributed by atoms with E-state index in [2.05, 4.69) is 56.3 Å². The number of terminal acetylenes is 1. The first-order chi connectivity index (χ1) is 6.09. The maximum absolute atomic E-state index is 5.48. The molecule has 0 spiro atoms. The van der Waals surface area contributed by atoms with Crippen molar-refractivity contribution < 1.29 is 0 Å². The minimum Gasteiger partial charge on any atom is -0.120 e. The molecule has 68 valence electrons. The summed E-state index contributed by atoms with van der Waals surface area (Å²) in [6, 6.07) is 10.6. The fraction of sp³-hybridized carbons (Fsp3) is 0.333. The first kappa shape index (κ1) is 10.1. The van der Waals surface area contributed by atoms with E-state index in [4.69, 9.17) is 6.42 Å². The largest absolute Gasteiger partial charge is 0.120 e. The van der Waals surface area contributed by atoms with E-state index in [1.165, 1.54) is 5.19 Å². The highest BCUT2D eigenvalue weighted by Crippen LogP contribution is 2.19. The first-order valence-electron chi connectivity index (χ1n) is 4.60. The summed E-state index contributed by atoms with van der Waals surface area (Å²) in [7, 11) is -1.42. The van der Waals surface area contributed by atoms with E-state index in [1.54, 1.807) is 0 Å². The van der Waals surface area contributed by atoms with Crippen molar-refractivity contribution in [2.24, 2.45) is 0 Å². The molecule has 1 atom stereocenters. The van der Waals surface area contributed by atoms with E-state index in [0.29, 0.717) is 5.54 Å². The van der Waals surface area contributed by atoms with Crippen molar-refractivity contribution in [2.75, 3.05) is 0 Å². The third-order valence-corrected chi connectivity index (χ3v) is 7.00. The Hall–Kier alpha value is -1.00. The Morgan fingerprint density at radius 2 is 1.77 bits per heavy atom. The van der Waals surface area contributed by atoms with Crippen molar-refractivity contribution in [3.63, 3.8) is 0 Å². The Balaban J connectivity index is 3.02. The molecule has 1 aromatic rings. The summed E-state index contributed by atoms with van der Waals surface area (Å²) in [6.45, 7) is 6.80. The lowest BCUT2D eigenvalue weighted by molar-refractivity contribution is 1.19. The number of hydrogen-bond acceptors (Lipinski definition) is 0. The Labute approximate surface area is 82.0 Å². The van der Waals surface area contributed by atoms with Crippen LogP contribution in [0.1, 0.15) is 6.92 Å². The Bertz CT molecular complexity index is 306. The van der Waals surface area contributed by atoms with Gasteiger partial charge in [-0.2, -0.15) is 0 Å². The average Bonchev–Trinajstić information content (AvgIpc) is 2.18. The molecule has 1 heteroatoms. The molecular formula is C12H16Si. The highest BCUT2D eigenvalue weighted by atomic mass is 28.3. The van der Waals surface area contributed by atoms with Crippen LogP contribution in [-0.2, 0) is 0 Å².